The molecule has 0 saturated carbocycles. The smallest absolute Gasteiger partial charge is 0.293 e. The van der Waals surface area contributed by atoms with Crippen LogP contribution >= 0.6 is 0 Å². The number of hydrogen-bond acceptors (Lipinski definition) is 6. The van der Waals surface area contributed by atoms with Crippen LogP contribution in [0.4, 0.5) is 11.4 Å². The van der Waals surface area contributed by atoms with E-state index in [0.717, 1.165) is 31.5 Å². The molecule has 9 nitrogen and oxygen atoms in total. The van der Waals surface area contributed by atoms with Gasteiger partial charge in [0.2, 0.25) is 0 Å². The number of nitro benzene ring substituents is 1. The molecule has 0 bridgehead atoms. The summed E-state index contributed by atoms with van der Waals surface area (Å²) >= 11 is 0. The minimum absolute atomic E-state index is 0.0597. The largest absolute Gasteiger partial charge is 0.366 e. The predicted octanol–water partition coefficient (Wildman–Crippen LogP) is 2.83. The quantitative estimate of drug-likeness (QED) is 0.492. The van der Waals surface area contributed by atoms with Crippen molar-refractivity contribution in [1.29, 1.82) is 0 Å². The molecule has 2 heterocycles. The highest BCUT2D eigenvalue weighted by Gasteiger charge is 2.25. The van der Waals surface area contributed by atoms with Gasteiger partial charge in [0.15, 0.2) is 5.82 Å². The molecule has 9 heteroatoms. The molecule has 1 aliphatic rings. The van der Waals surface area contributed by atoms with Crippen molar-refractivity contribution in [2.24, 2.45) is 0 Å². The van der Waals surface area contributed by atoms with E-state index < -0.39 is 16.9 Å². The molecule has 0 unspecified atom stereocenters. The monoisotopic (exact) mass is 392 g/mol. The van der Waals surface area contributed by atoms with E-state index in [2.05, 4.69) is 20.5 Å². The van der Waals surface area contributed by atoms with Crippen molar-refractivity contribution >= 4 is 17.3 Å². The van der Waals surface area contributed by atoms with E-state index in [1.165, 1.54) is 12.4 Å². The average Bonchev–Trinajstić information content (AvgIpc) is 3.46. The zero-order valence-corrected chi connectivity index (χ0v) is 15.6. The SMILES string of the molecule is O=C(N[C@@H](c1ccccc1)c1ncn[nH]1)c1ccc(N2CCCC2)c([N+](=O)[O-])c1. The number of nitrogens with zero attached hydrogens (tertiary/aromatic N) is 4. The van der Waals surface area contributed by atoms with Crippen LogP contribution in [0.1, 0.15) is 40.6 Å². The van der Waals surface area contributed by atoms with Crippen molar-refractivity contribution in [3.63, 3.8) is 0 Å². The van der Waals surface area contributed by atoms with Crippen molar-refractivity contribution in [2.75, 3.05) is 18.0 Å². The summed E-state index contributed by atoms with van der Waals surface area (Å²) in [6.07, 6.45) is 3.39. The molecule has 0 aliphatic carbocycles. The van der Waals surface area contributed by atoms with Crippen molar-refractivity contribution in [2.45, 2.75) is 18.9 Å². The van der Waals surface area contributed by atoms with Gasteiger partial charge in [-0.05, 0) is 30.5 Å². The fourth-order valence-electron chi connectivity index (χ4n) is 3.56. The van der Waals surface area contributed by atoms with E-state index >= 15 is 0 Å². The Labute approximate surface area is 166 Å². The molecule has 1 amide bonds. The van der Waals surface area contributed by atoms with E-state index in [4.69, 9.17) is 0 Å². The number of hydrogen-bond donors (Lipinski definition) is 2. The summed E-state index contributed by atoms with van der Waals surface area (Å²) in [6.45, 7) is 1.57. The number of nitro groups is 1. The first-order chi connectivity index (χ1) is 14.1. The molecular weight excluding hydrogens is 372 g/mol. The molecule has 1 atom stereocenters. The highest BCUT2D eigenvalue weighted by molar-refractivity contribution is 5.96. The summed E-state index contributed by atoms with van der Waals surface area (Å²) in [7, 11) is 0. The van der Waals surface area contributed by atoms with Crippen LogP contribution in [0.5, 0.6) is 0 Å². The molecule has 2 N–H and O–H groups in total. The Morgan fingerprint density at radius 2 is 1.93 bits per heavy atom. The number of nitrogens with one attached hydrogen (secondary N) is 2. The molecule has 3 aromatic rings. The minimum Gasteiger partial charge on any atom is -0.366 e. The van der Waals surface area contributed by atoms with Crippen LogP contribution in [0, 0.1) is 10.1 Å². The second kappa shape index (κ2) is 8.09. The van der Waals surface area contributed by atoms with E-state index in [0.29, 0.717) is 11.5 Å². The van der Waals surface area contributed by atoms with Gasteiger partial charge in [0.25, 0.3) is 11.6 Å². The zero-order valence-electron chi connectivity index (χ0n) is 15.6. The van der Waals surface area contributed by atoms with Crippen LogP contribution < -0.4 is 10.2 Å². The van der Waals surface area contributed by atoms with E-state index in [9.17, 15) is 14.9 Å². The third-order valence-electron chi connectivity index (χ3n) is 5.00. The van der Waals surface area contributed by atoms with Gasteiger partial charge in [-0.3, -0.25) is 20.0 Å². The molecule has 1 aromatic heterocycles. The lowest BCUT2D eigenvalue weighted by molar-refractivity contribution is -0.384. The standard InChI is InChI=1S/C20H20N6O3/c27-20(23-18(19-21-13-22-24-19)14-6-2-1-3-7-14)15-8-9-16(17(12-15)26(28)29)25-10-4-5-11-25/h1-3,6-9,12-13,18H,4-5,10-11H2,(H,23,27)(H,21,22,24)/t18-/m0/s1. The maximum atomic E-state index is 12.9. The van der Waals surface area contributed by atoms with Crippen LogP contribution in [-0.4, -0.2) is 39.1 Å². The number of aromatic nitrogens is 3. The van der Waals surface area contributed by atoms with E-state index in [1.54, 1.807) is 12.1 Å². The summed E-state index contributed by atoms with van der Waals surface area (Å²) in [5.74, 6) is 0.0547. The second-order valence-electron chi connectivity index (χ2n) is 6.84. The lowest BCUT2D eigenvalue weighted by atomic mass is 10.1. The van der Waals surface area contributed by atoms with Gasteiger partial charge in [-0.2, -0.15) is 5.10 Å². The third kappa shape index (κ3) is 3.93. The fourth-order valence-corrected chi connectivity index (χ4v) is 3.56. The van der Waals surface area contributed by atoms with Crippen molar-refractivity contribution in [3.8, 4) is 0 Å². The molecule has 2 aromatic carbocycles. The number of H-pyrrole nitrogens is 1. The van der Waals surface area contributed by atoms with Gasteiger partial charge < -0.3 is 10.2 Å². The predicted molar refractivity (Wildman–Crippen MR) is 107 cm³/mol. The lowest BCUT2D eigenvalue weighted by Crippen LogP contribution is -2.30. The van der Waals surface area contributed by atoms with E-state index in [-0.39, 0.29) is 11.3 Å². The molecule has 29 heavy (non-hydrogen) atoms. The van der Waals surface area contributed by atoms with Crippen molar-refractivity contribution in [1.82, 2.24) is 20.5 Å². The van der Waals surface area contributed by atoms with Crippen LogP contribution in [0.3, 0.4) is 0 Å². The Morgan fingerprint density at radius 3 is 2.59 bits per heavy atom. The molecular formula is C20H20N6O3. The first kappa shape index (κ1) is 18.6. The molecule has 1 fully saturated rings. The van der Waals surface area contributed by atoms with Gasteiger partial charge in [0, 0.05) is 24.7 Å². The number of carbonyl (C=O) groups excluding carboxylic acids is 1. The lowest BCUT2D eigenvalue weighted by Gasteiger charge is -2.19. The Balaban J connectivity index is 1.63. The van der Waals surface area contributed by atoms with Crippen LogP contribution in [0.2, 0.25) is 0 Å². The Bertz CT molecular complexity index is 1000. The molecule has 0 radical (unpaired) electrons. The number of carbonyl (C=O) groups is 1. The topological polar surface area (TPSA) is 117 Å². The zero-order chi connectivity index (χ0) is 20.2. The summed E-state index contributed by atoms with van der Waals surface area (Å²) in [5.41, 5.74) is 1.54. The van der Waals surface area contributed by atoms with Crippen molar-refractivity contribution < 1.29 is 9.72 Å². The van der Waals surface area contributed by atoms with Crippen LogP contribution in [0.25, 0.3) is 0 Å². The summed E-state index contributed by atoms with van der Waals surface area (Å²) in [5, 5.41) is 21.1. The van der Waals surface area contributed by atoms with Crippen LogP contribution in [0.15, 0.2) is 54.9 Å². The van der Waals surface area contributed by atoms with Gasteiger partial charge in [0.1, 0.15) is 18.1 Å². The summed E-state index contributed by atoms with van der Waals surface area (Å²) in [6, 6.07) is 13.4. The van der Waals surface area contributed by atoms with Gasteiger partial charge in [-0.1, -0.05) is 30.3 Å². The van der Waals surface area contributed by atoms with Crippen molar-refractivity contribution in [3.05, 3.63) is 81.9 Å². The number of aromatic amines is 1. The maximum Gasteiger partial charge on any atom is 0.293 e. The third-order valence-corrected chi connectivity index (χ3v) is 5.00. The average molecular weight is 392 g/mol. The second-order valence-corrected chi connectivity index (χ2v) is 6.84. The number of amides is 1. The first-order valence-corrected chi connectivity index (χ1v) is 9.38. The number of rotatable bonds is 6. The first-order valence-electron chi connectivity index (χ1n) is 9.38. The van der Waals surface area contributed by atoms with Gasteiger partial charge in [-0.15, -0.1) is 0 Å². The number of anilines is 1. The molecule has 0 spiro atoms. The van der Waals surface area contributed by atoms with Gasteiger partial charge >= 0.3 is 0 Å². The molecule has 148 valence electrons. The Kier molecular flexibility index (Phi) is 5.19. The van der Waals surface area contributed by atoms with Gasteiger partial charge in [0.05, 0.1) is 4.92 Å². The maximum absolute atomic E-state index is 12.9. The minimum atomic E-state index is -0.552. The molecule has 4 rings (SSSR count). The van der Waals surface area contributed by atoms with Crippen LogP contribution in [-0.2, 0) is 0 Å². The highest BCUT2D eigenvalue weighted by Crippen LogP contribution is 2.32. The Hall–Kier alpha value is -3.75. The Morgan fingerprint density at radius 1 is 1.17 bits per heavy atom. The molecule has 1 saturated heterocycles. The number of benzene rings is 2. The molecule has 1 aliphatic heterocycles. The summed E-state index contributed by atoms with van der Waals surface area (Å²) < 4.78 is 0. The fraction of sp³-hybridized carbons (Fsp3) is 0.250. The van der Waals surface area contributed by atoms with E-state index in [1.807, 2.05) is 35.2 Å². The highest BCUT2D eigenvalue weighted by atomic mass is 16.6. The summed E-state index contributed by atoms with van der Waals surface area (Å²) in [4.78, 5) is 30.2. The normalized spacial score (nSPS) is 14.6. The van der Waals surface area contributed by atoms with Gasteiger partial charge in [-0.25, -0.2) is 4.98 Å².